The third kappa shape index (κ3) is 2.85. The van der Waals surface area contributed by atoms with Crippen molar-refractivity contribution in [3.63, 3.8) is 0 Å². The van der Waals surface area contributed by atoms with Gasteiger partial charge in [-0.2, -0.15) is 0 Å². The Balaban J connectivity index is 1.64. The van der Waals surface area contributed by atoms with Crippen molar-refractivity contribution in [2.24, 2.45) is 0 Å². The Hall–Kier alpha value is -2.46. The van der Waals surface area contributed by atoms with E-state index in [2.05, 4.69) is 78.9 Å². The molecule has 0 amide bonds. The van der Waals surface area contributed by atoms with Gasteiger partial charge in [-0.05, 0) is 44.9 Å². The molecule has 4 heteroatoms. The molecule has 4 rings (SSSR count). The van der Waals surface area contributed by atoms with Gasteiger partial charge < -0.3 is 4.74 Å². The predicted molar refractivity (Wildman–Crippen MR) is 97.3 cm³/mol. The summed E-state index contributed by atoms with van der Waals surface area (Å²) in [6.45, 7) is 7.16. The molecule has 0 aromatic heterocycles. The first-order valence-corrected chi connectivity index (χ1v) is 8.42. The number of hydrogen-bond acceptors (Lipinski definition) is 4. The smallest absolute Gasteiger partial charge is 0.122 e. The lowest BCUT2D eigenvalue weighted by Crippen LogP contribution is -2.42. The first-order valence-electron chi connectivity index (χ1n) is 8.42. The lowest BCUT2D eigenvalue weighted by Gasteiger charge is -2.29. The van der Waals surface area contributed by atoms with Gasteiger partial charge >= 0.3 is 0 Å². The average Bonchev–Trinajstić information content (AvgIpc) is 2.98. The van der Waals surface area contributed by atoms with Gasteiger partial charge in [-0.15, -0.1) is 5.53 Å². The van der Waals surface area contributed by atoms with Crippen molar-refractivity contribution in [3.05, 3.63) is 65.9 Å². The van der Waals surface area contributed by atoms with E-state index < -0.39 is 0 Å². The molecule has 0 fully saturated rings. The monoisotopic (exact) mass is 321 g/mol. The van der Waals surface area contributed by atoms with Crippen LogP contribution in [0.25, 0.3) is 5.70 Å². The number of hydrogen-bond donors (Lipinski definition) is 1. The zero-order valence-electron chi connectivity index (χ0n) is 14.4. The zero-order valence-corrected chi connectivity index (χ0v) is 14.4. The van der Waals surface area contributed by atoms with Gasteiger partial charge in [0.15, 0.2) is 0 Å². The number of nitrogens with zero attached hydrogens (tertiary/aromatic N) is 2. The van der Waals surface area contributed by atoms with Gasteiger partial charge in [-0.3, -0.25) is 10.0 Å². The highest BCUT2D eigenvalue weighted by Gasteiger charge is 2.28. The second-order valence-corrected chi connectivity index (χ2v) is 7.25. The second-order valence-electron chi connectivity index (χ2n) is 7.25. The van der Waals surface area contributed by atoms with Crippen LogP contribution in [0.1, 0.15) is 31.9 Å². The number of hydrazine groups is 2. The van der Waals surface area contributed by atoms with Crippen LogP contribution >= 0.6 is 0 Å². The Morgan fingerprint density at radius 2 is 1.88 bits per heavy atom. The Labute approximate surface area is 143 Å². The average molecular weight is 321 g/mol. The molecule has 2 aromatic carbocycles. The van der Waals surface area contributed by atoms with Crippen molar-refractivity contribution < 1.29 is 4.74 Å². The van der Waals surface area contributed by atoms with Crippen LogP contribution in [0.4, 0.5) is 5.69 Å². The summed E-state index contributed by atoms with van der Waals surface area (Å²) in [6, 6.07) is 16.8. The lowest BCUT2D eigenvalue weighted by atomic mass is 9.98. The van der Waals surface area contributed by atoms with Crippen LogP contribution in [-0.4, -0.2) is 17.2 Å². The summed E-state index contributed by atoms with van der Waals surface area (Å²) in [6.07, 6.45) is 3.22. The molecule has 0 atom stereocenters. The fourth-order valence-corrected chi connectivity index (χ4v) is 3.19. The normalized spacial score (nSPS) is 16.5. The Morgan fingerprint density at radius 3 is 2.71 bits per heavy atom. The summed E-state index contributed by atoms with van der Waals surface area (Å²) < 4.78 is 5.99. The zero-order chi connectivity index (χ0) is 16.7. The third-order valence-corrected chi connectivity index (χ3v) is 4.19. The van der Waals surface area contributed by atoms with Crippen LogP contribution in [0.3, 0.4) is 0 Å². The minimum Gasteiger partial charge on any atom is -0.488 e. The van der Waals surface area contributed by atoms with E-state index >= 15 is 0 Å². The Bertz CT molecular complexity index is 791. The van der Waals surface area contributed by atoms with Crippen LogP contribution < -0.4 is 15.3 Å². The summed E-state index contributed by atoms with van der Waals surface area (Å²) in [5.74, 6) is 0.880. The summed E-state index contributed by atoms with van der Waals surface area (Å²) in [5, 5.41) is 4.27. The van der Waals surface area contributed by atoms with Gasteiger partial charge in [0.05, 0.1) is 11.4 Å². The minimum atomic E-state index is -0.202. The number of nitrogens with one attached hydrogen (secondary N) is 1. The van der Waals surface area contributed by atoms with Crippen LogP contribution in [-0.2, 0) is 6.42 Å². The fraction of sp³-hybridized carbons (Fsp3) is 0.300. The van der Waals surface area contributed by atoms with Crippen LogP contribution in [0.5, 0.6) is 5.75 Å². The quantitative estimate of drug-likeness (QED) is 0.906. The molecule has 0 aliphatic carbocycles. The maximum absolute atomic E-state index is 5.99. The molecule has 0 saturated carbocycles. The van der Waals surface area contributed by atoms with E-state index in [1.807, 2.05) is 12.1 Å². The Morgan fingerprint density at radius 1 is 1.04 bits per heavy atom. The maximum atomic E-state index is 5.99. The van der Waals surface area contributed by atoms with Crippen LogP contribution in [0.2, 0.25) is 0 Å². The van der Waals surface area contributed by atoms with Crippen LogP contribution in [0.15, 0.2) is 54.7 Å². The first-order chi connectivity index (χ1) is 11.5. The molecule has 24 heavy (non-hydrogen) atoms. The summed E-state index contributed by atoms with van der Waals surface area (Å²) in [5.41, 5.74) is 8.26. The first kappa shape index (κ1) is 15.1. The molecule has 2 aliphatic rings. The topological polar surface area (TPSA) is 27.7 Å². The summed E-state index contributed by atoms with van der Waals surface area (Å²) >= 11 is 0. The van der Waals surface area contributed by atoms with Gasteiger partial charge in [0, 0.05) is 24.4 Å². The van der Waals surface area contributed by atoms with E-state index in [4.69, 9.17) is 4.74 Å². The molecule has 2 aromatic rings. The largest absolute Gasteiger partial charge is 0.488 e. The third-order valence-electron chi connectivity index (χ3n) is 4.19. The molecular weight excluding hydrogens is 298 g/mol. The van der Waals surface area contributed by atoms with Crippen molar-refractivity contribution >= 4 is 11.4 Å². The molecule has 2 aliphatic heterocycles. The molecular formula is C20H23N3O. The molecule has 0 spiro atoms. The van der Waals surface area contributed by atoms with Crippen molar-refractivity contribution in [1.29, 1.82) is 0 Å². The molecule has 0 unspecified atom stereocenters. The van der Waals surface area contributed by atoms with Crippen LogP contribution in [0, 0.1) is 0 Å². The van der Waals surface area contributed by atoms with E-state index in [-0.39, 0.29) is 5.60 Å². The number of ether oxygens (including phenoxy) is 1. The molecule has 124 valence electrons. The Kier molecular flexibility index (Phi) is 3.50. The van der Waals surface area contributed by atoms with E-state index in [0.717, 1.165) is 24.4 Å². The second kappa shape index (κ2) is 5.56. The van der Waals surface area contributed by atoms with Crippen molar-refractivity contribution in [3.8, 4) is 5.75 Å². The van der Waals surface area contributed by atoms with Gasteiger partial charge in [-0.25, -0.2) is 0 Å². The number of anilines is 1. The van der Waals surface area contributed by atoms with Gasteiger partial charge in [0.2, 0.25) is 0 Å². The highest BCUT2D eigenvalue weighted by atomic mass is 16.5. The van der Waals surface area contributed by atoms with Gasteiger partial charge in [0.25, 0.3) is 0 Å². The SMILES string of the molecule is CC(C)(C)Oc1cccc(N2C=C3c4ccccc4CCN3N2)c1. The number of benzene rings is 2. The standard InChI is InChI=1S/C20H23N3O/c1-20(2,3)24-17-9-6-8-16(13-17)23-14-19-18-10-5-4-7-15(18)11-12-22(19)21-23/h4-10,13-14,21H,11-12H2,1-3H3. The van der Waals surface area contributed by atoms with E-state index in [0.29, 0.717) is 0 Å². The predicted octanol–water partition coefficient (Wildman–Crippen LogP) is 3.96. The molecule has 2 heterocycles. The van der Waals surface area contributed by atoms with Gasteiger partial charge in [-0.1, -0.05) is 30.3 Å². The summed E-state index contributed by atoms with van der Waals surface area (Å²) in [7, 11) is 0. The van der Waals surface area contributed by atoms with E-state index in [1.165, 1.54) is 16.8 Å². The van der Waals surface area contributed by atoms with E-state index in [9.17, 15) is 0 Å². The number of fused-ring (bicyclic) bond motifs is 3. The lowest BCUT2D eigenvalue weighted by molar-refractivity contribution is 0.131. The fourth-order valence-electron chi connectivity index (χ4n) is 3.19. The minimum absolute atomic E-state index is 0.202. The highest BCUT2D eigenvalue weighted by Crippen LogP contribution is 2.33. The van der Waals surface area contributed by atoms with Crippen molar-refractivity contribution in [2.75, 3.05) is 11.6 Å². The molecule has 0 bridgehead atoms. The maximum Gasteiger partial charge on any atom is 0.122 e. The number of rotatable bonds is 2. The molecule has 1 N–H and O–H groups in total. The van der Waals surface area contributed by atoms with Crippen molar-refractivity contribution in [2.45, 2.75) is 32.8 Å². The van der Waals surface area contributed by atoms with Gasteiger partial charge in [0.1, 0.15) is 11.4 Å². The van der Waals surface area contributed by atoms with Crippen molar-refractivity contribution in [1.82, 2.24) is 10.5 Å². The summed E-state index contributed by atoms with van der Waals surface area (Å²) in [4.78, 5) is 0. The molecule has 0 saturated heterocycles. The molecule has 4 nitrogen and oxygen atoms in total. The van der Waals surface area contributed by atoms with E-state index in [1.54, 1.807) is 0 Å². The highest BCUT2D eigenvalue weighted by molar-refractivity contribution is 5.73. The molecule has 0 radical (unpaired) electrons.